The van der Waals surface area contributed by atoms with Gasteiger partial charge >= 0.3 is 0 Å². The van der Waals surface area contributed by atoms with Crippen molar-refractivity contribution in [3.05, 3.63) is 11.7 Å². The number of rotatable bonds is 5. The minimum Gasteiger partial charge on any atom is -0.338 e. The number of hydrogen-bond donors (Lipinski definition) is 2. The number of hydrogen-bond acceptors (Lipinski definition) is 5. The second kappa shape index (κ2) is 5.41. The van der Waals surface area contributed by atoms with E-state index in [1.165, 1.54) is 19.4 Å². The Morgan fingerprint density at radius 1 is 1.62 bits per heavy atom. The number of nitrogens with zero attached hydrogens (tertiary/aromatic N) is 2. The van der Waals surface area contributed by atoms with Crippen molar-refractivity contribution in [2.24, 2.45) is 0 Å². The van der Waals surface area contributed by atoms with Crippen LogP contribution in [0.2, 0.25) is 0 Å². The van der Waals surface area contributed by atoms with Crippen LogP contribution in [0.3, 0.4) is 0 Å². The van der Waals surface area contributed by atoms with E-state index in [1.807, 2.05) is 6.92 Å². The van der Waals surface area contributed by atoms with E-state index in [1.54, 1.807) is 0 Å². The lowest BCUT2D eigenvalue weighted by Gasteiger charge is -2.17. The first-order valence-corrected chi connectivity index (χ1v) is 6.00. The van der Waals surface area contributed by atoms with E-state index in [0.717, 1.165) is 6.42 Å². The van der Waals surface area contributed by atoms with Crippen LogP contribution in [0, 0.1) is 6.92 Å². The third-order valence-corrected chi connectivity index (χ3v) is 2.97. The number of aryl methyl sites for hydroxylation is 1. The maximum absolute atomic E-state index is 5.05. The molecular weight excluding hydrogens is 204 g/mol. The summed E-state index contributed by atoms with van der Waals surface area (Å²) in [5, 5.41) is 10.7. The van der Waals surface area contributed by atoms with Gasteiger partial charge in [-0.15, -0.1) is 0 Å². The van der Waals surface area contributed by atoms with Crippen molar-refractivity contribution >= 4 is 0 Å². The highest BCUT2D eigenvalue weighted by Crippen LogP contribution is 2.11. The third-order valence-electron chi connectivity index (χ3n) is 2.97. The van der Waals surface area contributed by atoms with Gasteiger partial charge in [0, 0.05) is 12.1 Å². The monoisotopic (exact) mass is 224 g/mol. The van der Waals surface area contributed by atoms with E-state index in [9.17, 15) is 0 Å². The molecule has 2 heterocycles. The van der Waals surface area contributed by atoms with Gasteiger partial charge in [0.25, 0.3) is 0 Å². The minimum atomic E-state index is 0.475. The molecule has 5 nitrogen and oxygen atoms in total. The average Bonchev–Trinajstić information content (AvgIpc) is 2.87. The zero-order chi connectivity index (χ0) is 11.4. The molecule has 2 N–H and O–H groups in total. The molecule has 0 aromatic carbocycles. The van der Waals surface area contributed by atoms with Gasteiger partial charge in [0.05, 0.1) is 6.54 Å². The number of nitrogens with one attached hydrogen (secondary N) is 2. The van der Waals surface area contributed by atoms with Crippen LogP contribution in [-0.2, 0) is 6.54 Å². The van der Waals surface area contributed by atoms with Gasteiger partial charge in [-0.05, 0) is 39.7 Å². The van der Waals surface area contributed by atoms with Crippen molar-refractivity contribution < 1.29 is 4.52 Å². The predicted octanol–water partition coefficient (Wildman–Crippen LogP) is 0.998. The lowest BCUT2D eigenvalue weighted by Crippen LogP contribution is -2.33. The molecule has 1 aliphatic rings. The molecule has 0 aliphatic carbocycles. The van der Waals surface area contributed by atoms with Gasteiger partial charge in [0.2, 0.25) is 5.89 Å². The second-order valence-corrected chi connectivity index (χ2v) is 4.55. The summed E-state index contributed by atoms with van der Waals surface area (Å²) < 4.78 is 5.05. The van der Waals surface area contributed by atoms with Crippen LogP contribution in [0.4, 0.5) is 0 Å². The van der Waals surface area contributed by atoms with Crippen LogP contribution < -0.4 is 10.6 Å². The molecule has 2 unspecified atom stereocenters. The molecule has 2 rings (SSSR count). The fourth-order valence-electron chi connectivity index (χ4n) is 2.14. The van der Waals surface area contributed by atoms with E-state index in [4.69, 9.17) is 4.52 Å². The topological polar surface area (TPSA) is 63.0 Å². The van der Waals surface area contributed by atoms with E-state index in [2.05, 4.69) is 27.7 Å². The van der Waals surface area contributed by atoms with Crippen LogP contribution in [0.1, 0.15) is 37.9 Å². The highest BCUT2D eigenvalue weighted by molar-refractivity contribution is 4.84. The van der Waals surface area contributed by atoms with Crippen molar-refractivity contribution in [1.82, 2.24) is 20.8 Å². The van der Waals surface area contributed by atoms with Crippen LogP contribution in [0.25, 0.3) is 0 Å². The minimum absolute atomic E-state index is 0.475. The maximum atomic E-state index is 5.05. The lowest BCUT2D eigenvalue weighted by atomic mass is 10.1. The summed E-state index contributed by atoms with van der Waals surface area (Å²) in [7, 11) is 0. The van der Waals surface area contributed by atoms with E-state index >= 15 is 0 Å². The maximum Gasteiger partial charge on any atom is 0.240 e. The van der Waals surface area contributed by atoms with Gasteiger partial charge in [0.1, 0.15) is 0 Å². The summed E-state index contributed by atoms with van der Waals surface area (Å²) in [5.74, 6) is 1.37. The summed E-state index contributed by atoms with van der Waals surface area (Å²) in [5.41, 5.74) is 0. The van der Waals surface area contributed by atoms with Crippen LogP contribution in [0.15, 0.2) is 4.52 Å². The quantitative estimate of drug-likeness (QED) is 0.781. The molecular formula is C11H20N4O. The first-order chi connectivity index (χ1) is 7.74. The Morgan fingerprint density at radius 2 is 2.50 bits per heavy atom. The molecule has 2 atom stereocenters. The molecule has 1 aliphatic heterocycles. The molecule has 1 aromatic heterocycles. The van der Waals surface area contributed by atoms with E-state index in [-0.39, 0.29) is 0 Å². The Morgan fingerprint density at radius 3 is 3.12 bits per heavy atom. The fraction of sp³-hybridized carbons (Fsp3) is 0.818. The van der Waals surface area contributed by atoms with Gasteiger partial charge in [-0.2, -0.15) is 4.98 Å². The van der Waals surface area contributed by atoms with Gasteiger partial charge in [-0.1, -0.05) is 5.16 Å². The Hall–Kier alpha value is -0.940. The van der Waals surface area contributed by atoms with Crippen LogP contribution in [0.5, 0.6) is 0 Å². The molecule has 0 radical (unpaired) electrons. The van der Waals surface area contributed by atoms with Crippen molar-refractivity contribution in [2.45, 2.75) is 51.7 Å². The molecule has 1 aromatic rings. The molecule has 5 heteroatoms. The molecule has 0 saturated carbocycles. The molecule has 1 fully saturated rings. The molecule has 0 spiro atoms. The summed E-state index contributed by atoms with van der Waals surface area (Å²) >= 11 is 0. The highest BCUT2D eigenvalue weighted by atomic mass is 16.5. The smallest absolute Gasteiger partial charge is 0.240 e. The lowest BCUT2D eigenvalue weighted by molar-refractivity contribution is 0.348. The standard InChI is InChI=1S/C11H20N4O/c1-8(6-10-4-3-5-12-10)13-7-11-14-9(2)15-16-11/h8,10,12-13H,3-7H2,1-2H3. The first kappa shape index (κ1) is 11.5. The van der Waals surface area contributed by atoms with Gasteiger partial charge in [0.15, 0.2) is 5.82 Å². The predicted molar refractivity (Wildman–Crippen MR) is 61.0 cm³/mol. The zero-order valence-electron chi connectivity index (χ0n) is 9.99. The Balaban J connectivity index is 1.68. The van der Waals surface area contributed by atoms with Crippen molar-refractivity contribution in [3.8, 4) is 0 Å². The Labute approximate surface area is 96.0 Å². The Kier molecular flexibility index (Phi) is 3.90. The first-order valence-electron chi connectivity index (χ1n) is 6.00. The summed E-state index contributed by atoms with van der Waals surface area (Å²) in [6.07, 6.45) is 3.76. The molecule has 0 amide bonds. The summed E-state index contributed by atoms with van der Waals surface area (Å²) in [6, 6.07) is 1.15. The normalized spacial score (nSPS) is 22.5. The van der Waals surface area contributed by atoms with Crippen molar-refractivity contribution in [2.75, 3.05) is 6.54 Å². The molecule has 0 bridgehead atoms. The summed E-state index contributed by atoms with van der Waals surface area (Å²) in [4.78, 5) is 4.16. The largest absolute Gasteiger partial charge is 0.338 e. The van der Waals surface area contributed by atoms with Crippen LogP contribution in [-0.4, -0.2) is 28.8 Å². The highest BCUT2D eigenvalue weighted by Gasteiger charge is 2.17. The molecule has 16 heavy (non-hydrogen) atoms. The summed E-state index contributed by atoms with van der Waals surface area (Å²) in [6.45, 7) is 5.86. The van der Waals surface area contributed by atoms with Crippen molar-refractivity contribution in [3.63, 3.8) is 0 Å². The Bertz CT molecular complexity index is 320. The van der Waals surface area contributed by atoms with Gasteiger partial charge < -0.3 is 15.2 Å². The zero-order valence-corrected chi connectivity index (χ0v) is 9.99. The molecule has 1 saturated heterocycles. The SMILES string of the molecule is Cc1noc(CNC(C)CC2CCCN2)n1. The third kappa shape index (κ3) is 3.28. The van der Waals surface area contributed by atoms with E-state index in [0.29, 0.717) is 30.3 Å². The van der Waals surface area contributed by atoms with Gasteiger partial charge in [-0.25, -0.2) is 0 Å². The van der Waals surface area contributed by atoms with Crippen LogP contribution >= 0.6 is 0 Å². The van der Waals surface area contributed by atoms with Gasteiger partial charge in [-0.3, -0.25) is 0 Å². The average molecular weight is 224 g/mol. The fourth-order valence-corrected chi connectivity index (χ4v) is 2.14. The number of aromatic nitrogens is 2. The second-order valence-electron chi connectivity index (χ2n) is 4.55. The van der Waals surface area contributed by atoms with E-state index < -0.39 is 0 Å². The molecule has 90 valence electrons. The van der Waals surface area contributed by atoms with Crippen molar-refractivity contribution in [1.29, 1.82) is 0 Å².